The van der Waals surface area contributed by atoms with Crippen molar-refractivity contribution in [2.24, 2.45) is 0 Å². The summed E-state index contributed by atoms with van der Waals surface area (Å²) in [6.07, 6.45) is 0. The van der Waals surface area contributed by atoms with Gasteiger partial charge in [-0.25, -0.2) is 0 Å². The third-order valence-corrected chi connectivity index (χ3v) is 1.69. The summed E-state index contributed by atoms with van der Waals surface area (Å²) in [6.45, 7) is 0. The Labute approximate surface area is 59.1 Å². The molecule has 1 aromatic carbocycles. The highest BCUT2D eigenvalue weighted by atomic mass is 32.2. The van der Waals surface area contributed by atoms with E-state index in [2.05, 4.69) is 12.1 Å². The lowest BCUT2D eigenvalue weighted by atomic mass is 10.4. The molecule has 10 heavy (non-hydrogen) atoms. The molecule has 2 radical (unpaired) electrons. The molecule has 1 rings (SSSR count). The lowest BCUT2D eigenvalue weighted by Crippen LogP contribution is -1.96. The lowest BCUT2D eigenvalue weighted by Gasteiger charge is -1.91. The van der Waals surface area contributed by atoms with Gasteiger partial charge >= 0.3 is 0 Å². The molecule has 0 saturated heterocycles. The zero-order chi connectivity index (χ0) is 7.61. The highest BCUT2D eigenvalue weighted by Crippen LogP contribution is 2.03. The standard InChI is InChI=1S/C6H4O3S/c7-10(8,9)6-4-2-1-3-5-6/h1-2,5H,(H,7,8,9). The van der Waals surface area contributed by atoms with Gasteiger partial charge in [0.2, 0.25) is 0 Å². The highest BCUT2D eigenvalue weighted by molar-refractivity contribution is 7.85. The van der Waals surface area contributed by atoms with Gasteiger partial charge in [0.15, 0.2) is 0 Å². The van der Waals surface area contributed by atoms with Crippen LogP contribution >= 0.6 is 0 Å². The Morgan fingerprint density at radius 3 is 2.40 bits per heavy atom. The Kier molecular flexibility index (Phi) is 1.74. The van der Waals surface area contributed by atoms with Crippen molar-refractivity contribution >= 4 is 10.1 Å². The van der Waals surface area contributed by atoms with Gasteiger partial charge in [-0.3, -0.25) is 4.55 Å². The summed E-state index contributed by atoms with van der Waals surface area (Å²) >= 11 is 0. The van der Waals surface area contributed by atoms with E-state index in [1.807, 2.05) is 0 Å². The van der Waals surface area contributed by atoms with E-state index in [9.17, 15) is 8.42 Å². The van der Waals surface area contributed by atoms with Crippen LogP contribution in [0.3, 0.4) is 0 Å². The molecule has 0 aliphatic rings. The van der Waals surface area contributed by atoms with E-state index in [1.54, 1.807) is 0 Å². The summed E-state index contributed by atoms with van der Waals surface area (Å²) in [5.41, 5.74) is 0. The third-order valence-electron chi connectivity index (χ3n) is 0.897. The zero-order valence-electron chi connectivity index (χ0n) is 4.90. The summed E-state index contributed by atoms with van der Waals surface area (Å²) < 4.78 is 29.1. The first-order valence-corrected chi connectivity index (χ1v) is 3.90. The van der Waals surface area contributed by atoms with E-state index >= 15 is 0 Å². The van der Waals surface area contributed by atoms with Crippen LogP contribution in [0.25, 0.3) is 0 Å². The maximum absolute atomic E-state index is 10.3. The Balaban J connectivity index is 3.22. The Morgan fingerprint density at radius 2 is 2.10 bits per heavy atom. The molecular formula is C6H4O3S. The van der Waals surface area contributed by atoms with E-state index in [0.29, 0.717) is 0 Å². The van der Waals surface area contributed by atoms with Crippen LogP contribution in [0, 0.1) is 12.1 Å². The molecule has 4 heteroatoms. The lowest BCUT2D eigenvalue weighted by molar-refractivity contribution is 0.483. The first-order valence-electron chi connectivity index (χ1n) is 2.46. The van der Waals surface area contributed by atoms with Crippen LogP contribution in [0.15, 0.2) is 23.1 Å². The van der Waals surface area contributed by atoms with Crippen molar-refractivity contribution in [3.8, 4) is 0 Å². The Hall–Kier alpha value is -0.870. The van der Waals surface area contributed by atoms with Crippen LogP contribution < -0.4 is 0 Å². The number of hydrogen-bond donors (Lipinski definition) is 1. The molecule has 0 saturated carbocycles. The average molecular weight is 156 g/mol. The molecule has 1 aromatic rings. The van der Waals surface area contributed by atoms with Gasteiger partial charge in [0.05, 0.1) is 0 Å². The van der Waals surface area contributed by atoms with Gasteiger partial charge in [0.25, 0.3) is 10.1 Å². The van der Waals surface area contributed by atoms with Crippen molar-refractivity contribution in [1.29, 1.82) is 0 Å². The molecular weight excluding hydrogens is 152 g/mol. The van der Waals surface area contributed by atoms with Crippen LogP contribution in [0.2, 0.25) is 0 Å². The minimum Gasteiger partial charge on any atom is -0.282 e. The van der Waals surface area contributed by atoms with E-state index in [4.69, 9.17) is 4.55 Å². The summed E-state index contributed by atoms with van der Waals surface area (Å²) in [5, 5.41) is 0. The van der Waals surface area contributed by atoms with Crippen molar-refractivity contribution in [3.63, 3.8) is 0 Å². The topological polar surface area (TPSA) is 54.4 Å². The van der Waals surface area contributed by atoms with Crippen molar-refractivity contribution in [1.82, 2.24) is 0 Å². The second-order valence-corrected chi connectivity index (χ2v) is 3.02. The molecule has 0 aromatic heterocycles. The molecule has 0 heterocycles. The zero-order valence-corrected chi connectivity index (χ0v) is 5.72. The summed E-state index contributed by atoms with van der Waals surface area (Å²) in [6, 6.07) is 8.84. The molecule has 0 bridgehead atoms. The molecule has 1 N–H and O–H groups in total. The predicted octanol–water partition coefficient (Wildman–Crippen LogP) is 0.534. The summed E-state index contributed by atoms with van der Waals surface area (Å²) in [5.74, 6) is 0. The first kappa shape index (κ1) is 7.24. The molecule has 0 aliphatic carbocycles. The normalized spacial score (nSPS) is 11.3. The summed E-state index contributed by atoms with van der Waals surface area (Å²) in [4.78, 5) is -0.255. The molecule has 0 amide bonds. The second kappa shape index (κ2) is 2.40. The van der Waals surface area contributed by atoms with Crippen molar-refractivity contribution in [2.45, 2.75) is 4.90 Å². The van der Waals surface area contributed by atoms with Crippen LogP contribution in [0.4, 0.5) is 0 Å². The van der Waals surface area contributed by atoms with E-state index in [0.717, 1.165) is 6.07 Å². The monoisotopic (exact) mass is 156 g/mol. The molecule has 0 aliphatic heterocycles. The van der Waals surface area contributed by atoms with E-state index in [-0.39, 0.29) is 4.90 Å². The van der Waals surface area contributed by atoms with Gasteiger partial charge < -0.3 is 0 Å². The molecule has 0 atom stereocenters. The minimum absolute atomic E-state index is 0.255. The predicted molar refractivity (Wildman–Crippen MR) is 33.9 cm³/mol. The third kappa shape index (κ3) is 1.55. The van der Waals surface area contributed by atoms with Gasteiger partial charge in [0.1, 0.15) is 4.90 Å². The van der Waals surface area contributed by atoms with Crippen LogP contribution in [0.1, 0.15) is 0 Å². The van der Waals surface area contributed by atoms with Gasteiger partial charge in [-0.1, -0.05) is 12.1 Å². The summed E-state index contributed by atoms with van der Waals surface area (Å²) in [7, 11) is -4.09. The molecule has 3 nitrogen and oxygen atoms in total. The van der Waals surface area contributed by atoms with E-state index in [1.165, 1.54) is 12.1 Å². The minimum atomic E-state index is -4.09. The van der Waals surface area contributed by atoms with Gasteiger partial charge in [-0.05, 0) is 12.1 Å². The number of hydrogen-bond acceptors (Lipinski definition) is 2. The fourth-order valence-corrected chi connectivity index (χ4v) is 0.920. The molecule has 0 unspecified atom stereocenters. The van der Waals surface area contributed by atoms with Crippen LogP contribution in [-0.4, -0.2) is 13.0 Å². The average Bonchev–Trinajstić information content (AvgIpc) is 1.88. The largest absolute Gasteiger partial charge is 0.295 e. The Bertz CT molecular complexity index is 301. The van der Waals surface area contributed by atoms with Gasteiger partial charge in [-0.2, -0.15) is 8.42 Å². The highest BCUT2D eigenvalue weighted by Gasteiger charge is 2.06. The van der Waals surface area contributed by atoms with Crippen molar-refractivity contribution in [3.05, 3.63) is 30.3 Å². The fraction of sp³-hybridized carbons (Fsp3) is 0. The number of rotatable bonds is 1. The Morgan fingerprint density at radius 1 is 1.40 bits per heavy atom. The quantitative estimate of drug-likeness (QED) is 0.603. The smallest absolute Gasteiger partial charge is 0.282 e. The molecule has 0 fully saturated rings. The second-order valence-electron chi connectivity index (χ2n) is 1.63. The molecule has 52 valence electrons. The molecule has 0 spiro atoms. The number of benzene rings is 1. The van der Waals surface area contributed by atoms with Gasteiger partial charge in [0, 0.05) is 6.07 Å². The SMILES string of the molecule is O=S(=O)(O)c1[c]cc[c]c1. The first-order chi connectivity index (χ1) is 4.61. The van der Waals surface area contributed by atoms with Crippen LogP contribution in [-0.2, 0) is 10.1 Å². The van der Waals surface area contributed by atoms with Gasteiger partial charge in [-0.15, -0.1) is 0 Å². The van der Waals surface area contributed by atoms with Crippen LogP contribution in [0.5, 0.6) is 0 Å². The van der Waals surface area contributed by atoms with Crippen molar-refractivity contribution in [2.75, 3.05) is 0 Å². The maximum atomic E-state index is 10.3. The maximum Gasteiger partial charge on any atom is 0.295 e. The van der Waals surface area contributed by atoms with E-state index < -0.39 is 10.1 Å². The fourth-order valence-electron chi connectivity index (χ4n) is 0.486. The van der Waals surface area contributed by atoms with Crippen molar-refractivity contribution < 1.29 is 13.0 Å².